The minimum absolute atomic E-state index is 0.494. The zero-order valence-electron chi connectivity index (χ0n) is 12.5. The summed E-state index contributed by atoms with van der Waals surface area (Å²) in [6.45, 7) is 7.69. The van der Waals surface area contributed by atoms with Crippen molar-refractivity contribution < 1.29 is 0 Å². The standard InChI is InChI=1S/C16H26N4/c1-13(2)15(20-10-6-7-11-20)12-18-16(17)19-14-8-4-3-5-9-14/h3-5,8-9,13,15H,6-7,10-12H2,1-2H3,(H3,17,18,19). The van der Waals surface area contributed by atoms with E-state index in [4.69, 9.17) is 5.73 Å². The van der Waals surface area contributed by atoms with Gasteiger partial charge in [0.15, 0.2) is 5.96 Å². The number of guanidine groups is 1. The molecule has 1 heterocycles. The number of nitrogens with zero attached hydrogens (tertiary/aromatic N) is 2. The summed E-state index contributed by atoms with van der Waals surface area (Å²) in [5.41, 5.74) is 6.96. The van der Waals surface area contributed by atoms with Crippen LogP contribution in [0.1, 0.15) is 26.7 Å². The normalized spacial score (nSPS) is 18.4. The van der Waals surface area contributed by atoms with E-state index < -0.39 is 0 Å². The van der Waals surface area contributed by atoms with E-state index in [1.54, 1.807) is 0 Å². The Morgan fingerprint density at radius 2 is 1.90 bits per heavy atom. The minimum Gasteiger partial charge on any atom is -0.370 e. The van der Waals surface area contributed by atoms with E-state index in [2.05, 4.69) is 29.1 Å². The number of rotatable bonds is 5. The Balaban J connectivity index is 1.91. The lowest BCUT2D eigenvalue weighted by atomic mass is 10.0. The van der Waals surface area contributed by atoms with E-state index in [1.807, 2.05) is 30.3 Å². The molecule has 0 saturated carbocycles. The summed E-state index contributed by atoms with van der Waals surface area (Å²) >= 11 is 0. The number of hydrogen-bond acceptors (Lipinski definition) is 2. The molecule has 0 radical (unpaired) electrons. The van der Waals surface area contributed by atoms with E-state index in [-0.39, 0.29) is 0 Å². The number of hydrogen-bond donors (Lipinski definition) is 2. The van der Waals surface area contributed by atoms with E-state index >= 15 is 0 Å². The summed E-state index contributed by atoms with van der Waals surface area (Å²) in [4.78, 5) is 7.07. The quantitative estimate of drug-likeness (QED) is 0.641. The first kappa shape index (κ1) is 14.9. The van der Waals surface area contributed by atoms with Crippen LogP contribution in [0.2, 0.25) is 0 Å². The predicted octanol–water partition coefficient (Wildman–Crippen LogP) is 2.53. The van der Waals surface area contributed by atoms with Gasteiger partial charge in [-0.2, -0.15) is 0 Å². The molecule has 4 heteroatoms. The van der Waals surface area contributed by atoms with Crippen LogP contribution in [0.15, 0.2) is 35.3 Å². The van der Waals surface area contributed by atoms with Gasteiger partial charge in [-0.1, -0.05) is 32.0 Å². The lowest BCUT2D eigenvalue weighted by Gasteiger charge is -2.29. The predicted molar refractivity (Wildman–Crippen MR) is 86.0 cm³/mol. The second kappa shape index (κ2) is 7.29. The highest BCUT2D eigenvalue weighted by atomic mass is 15.2. The third-order valence-corrected chi connectivity index (χ3v) is 3.87. The number of nitrogens with two attached hydrogens (primary N) is 1. The number of aliphatic imine (C=N–C) groups is 1. The summed E-state index contributed by atoms with van der Waals surface area (Å²) < 4.78 is 0. The molecule has 1 aromatic carbocycles. The SMILES string of the molecule is CC(C)C(CN=C(N)Nc1ccccc1)N1CCCC1. The van der Waals surface area contributed by atoms with Gasteiger partial charge in [-0.15, -0.1) is 0 Å². The maximum atomic E-state index is 5.97. The van der Waals surface area contributed by atoms with Gasteiger partial charge in [0.1, 0.15) is 0 Å². The third-order valence-electron chi connectivity index (χ3n) is 3.87. The van der Waals surface area contributed by atoms with Gasteiger partial charge in [-0.3, -0.25) is 9.89 Å². The summed E-state index contributed by atoms with van der Waals surface area (Å²) in [7, 11) is 0. The van der Waals surface area contributed by atoms with Crippen molar-refractivity contribution in [1.29, 1.82) is 0 Å². The lowest BCUT2D eigenvalue weighted by Crippen LogP contribution is -2.40. The fourth-order valence-electron chi connectivity index (χ4n) is 2.72. The summed E-state index contributed by atoms with van der Waals surface area (Å²) in [5, 5.41) is 3.14. The Hall–Kier alpha value is -1.55. The van der Waals surface area contributed by atoms with Crippen molar-refractivity contribution in [1.82, 2.24) is 4.90 Å². The fraction of sp³-hybridized carbons (Fsp3) is 0.562. The van der Waals surface area contributed by atoms with Gasteiger partial charge in [0, 0.05) is 11.7 Å². The summed E-state index contributed by atoms with van der Waals surface area (Å²) in [5.74, 6) is 1.10. The molecule has 20 heavy (non-hydrogen) atoms. The highest BCUT2D eigenvalue weighted by Gasteiger charge is 2.24. The average Bonchev–Trinajstić information content (AvgIpc) is 2.93. The minimum atomic E-state index is 0.494. The van der Waals surface area contributed by atoms with Gasteiger partial charge in [-0.05, 0) is 44.0 Å². The molecule has 1 saturated heterocycles. The Kier molecular flexibility index (Phi) is 5.41. The number of anilines is 1. The number of likely N-dealkylation sites (tertiary alicyclic amines) is 1. The van der Waals surface area contributed by atoms with Crippen LogP contribution < -0.4 is 11.1 Å². The molecule has 0 amide bonds. The van der Waals surface area contributed by atoms with Crippen molar-refractivity contribution >= 4 is 11.6 Å². The second-order valence-corrected chi connectivity index (χ2v) is 5.77. The second-order valence-electron chi connectivity index (χ2n) is 5.77. The molecular weight excluding hydrogens is 248 g/mol. The molecule has 1 atom stereocenters. The first-order valence-corrected chi connectivity index (χ1v) is 7.53. The maximum absolute atomic E-state index is 5.97. The molecule has 2 rings (SSSR count). The van der Waals surface area contributed by atoms with E-state index in [9.17, 15) is 0 Å². The first-order chi connectivity index (χ1) is 9.66. The van der Waals surface area contributed by atoms with Crippen molar-refractivity contribution in [3.63, 3.8) is 0 Å². The molecule has 1 aliphatic rings. The Morgan fingerprint density at radius 3 is 2.50 bits per heavy atom. The van der Waals surface area contributed by atoms with Crippen LogP contribution in [-0.4, -0.2) is 36.5 Å². The molecule has 4 nitrogen and oxygen atoms in total. The number of para-hydroxylation sites is 1. The van der Waals surface area contributed by atoms with Crippen LogP contribution in [0, 0.1) is 5.92 Å². The van der Waals surface area contributed by atoms with Crippen LogP contribution >= 0.6 is 0 Å². The van der Waals surface area contributed by atoms with Crippen LogP contribution in [0.4, 0.5) is 5.69 Å². The molecule has 1 unspecified atom stereocenters. The zero-order valence-corrected chi connectivity index (χ0v) is 12.5. The van der Waals surface area contributed by atoms with Gasteiger partial charge in [0.25, 0.3) is 0 Å². The van der Waals surface area contributed by atoms with E-state index in [1.165, 1.54) is 25.9 Å². The van der Waals surface area contributed by atoms with Crippen LogP contribution in [0.5, 0.6) is 0 Å². The molecule has 0 aromatic heterocycles. The zero-order chi connectivity index (χ0) is 14.4. The van der Waals surface area contributed by atoms with Gasteiger partial charge >= 0.3 is 0 Å². The van der Waals surface area contributed by atoms with Gasteiger partial charge in [-0.25, -0.2) is 0 Å². The van der Waals surface area contributed by atoms with Crippen molar-refractivity contribution in [2.24, 2.45) is 16.6 Å². The summed E-state index contributed by atoms with van der Waals surface area (Å²) in [6.07, 6.45) is 2.62. The topological polar surface area (TPSA) is 53.6 Å². The molecule has 1 aliphatic heterocycles. The molecular formula is C16H26N4. The van der Waals surface area contributed by atoms with Crippen molar-refractivity contribution in [3.05, 3.63) is 30.3 Å². The Morgan fingerprint density at radius 1 is 1.25 bits per heavy atom. The van der Waals surface area contributed by atoms with Crippen molar-refractivity contribution in [2.45, 2.75) is 32.7 Å². The highest BCUT2D eigenvalue weighted by Crippen LogP contribution is 2.18. The van der Waals surface area contributed by atoms with E-state index in [0.717, 1.165) is 12.2 Å². The fourth-order valence-corrected chi connectivity index (χ4v) is 2.72. The van der Waals surface area contributed by atoms with Gasteiger partial charge < -0.3 is 11.1 Å². The van der Waals surface area contributed by atoms with Crippen molar-refractivity contribution in [3.8, 4) is 0 Å². The maximum Gasteiger partial charge on any atom is 0.193 e. The number of benzene rings is 1. The first-order valence-electron chi connectivity index (χ1n) is 7.53. The average molecular weight is 274 g/mol. The molecule has 1 fully saturated rings. The van der Waals surface area contributed by atoms with Gasteiger partial charge in [0.2, 0.25) is 0 Å². The molecule has 3 N–H and O–H groups in total. The largest absolute Gasteiger partial charge is 0.370 e. The molecule has 0 spiro atoms. The lowest BCUT2D eigenvalue weighted by molar-refractivity contribution is 0.198. The monoisotopic (exact) mass is 274 g/mol. The highest BCUT2D eigenvalue weighted by molar-refractivity contribution is 5.92. The van der Waals surface area contributed by atoms with Crippen LogP contribution in [0.3, 0.4) is 0 Å². The smallest absolute Gasteiger partial charge is 0.193 e. The Bertz CT molecular complexity index is 421. The van der Waals surface area contributed by atoms with Crippen LogP contribution in [-0.2, 0) is 0 Å². The van der Waals surface area contributed by atoms with E-state index in [0.29, 0.717) is 17.9 Å². The molecule has 110 valence electrons. The molecule has 0 bridgehead atoms. The van der Waals surface area contributed by atoms with Gasteiger partial charge in [0.05, 0.1) is 6.54 Å². The summed E-state index contributed by atoms with van der Waals surface area (Å²) in [6, 6.07) is 10.4. The van der Waals surface area contributed by atoms with Crippen molar-refractivity contribution in [2.75, 3.05) is 25.0 Å². The third kappa shape index (κ3) is 4.23. The number of nitrogens with one attached hydrogen (secondary N) is 1. The molecule has 1 aromatic rings. The Labute approximate surface area is 122 Å². The van der Waals surface area contributed by atoms with Crippen LogP contribution in [0.25, 0.3) is 0 Å². The molecule has 0 aliphatic carbocycles.